The van der Waals surface area contributed by atoms with Gasteiger partial charge >= 0.3 is 0 Å². The van der Waals surface area contributed by atoms with Gasteiger partial charge in [0.1, 0.15) is 5.82 Å². The summed E-state index contributed by atoms with van der Waals surface area (Å²) in [4.78, 5) is 18.6. The molecule has 0 bridgehead atoms. The molecule has 5 nitrogen and oxygen atoms in total. The highest BCUT2D eigenvalue weighted by molar-refractivity contribution is 6.33. The minimum absolute atomic E-state index is 0.0688. The van der Waals surface area contributed by atoms with Crippen molar-refractivity contribution in [2.24, 2.45) is 5.92 Å². The lowest BCUT2D eigenvalue weighted by Crippen LogP contribution is -2.45. The summed E-state index contributed by atoms with van der Waals surface area (Å²) in [5, 5.41) is 6.50. The van der Waals surface area contributed by atoms with E-state index in [9.17, 15) is 4.79 Å². The second kappa shape index (κ2) is 8.20. The lowest BCUT2D eigenvalue weighted by atomic mass is 10.0. The summed E-state index contributed by atoms with van der Waals surface area (Å²) in [6.07, 6.45) is 1.50. The Morgan fingerprint density at radius 1 is 1.43 bits per heavy atom. The van der Waals surface area contributed by atoms with Gasteiger partial charge in [-0.15, -0.1) is 0 Å². The van der Waals surface area contributed by atoms with E-state index in [1.165, 1.54) is 6.20 Å². The van der Waals surface area contributed by atoms with Gasteiger partial charge in [-0.1, -0.05) is 25.4 Å². The first-order chi connectivity index (χ1) is 9.85. The summed E-state index contributed by atoms with van der Waals surface area (Å²) in [5.41, 5.74) is 0.451. The molecule has 1 aromatic rings. The van der Waals surface area contributed by atoms with Crippen molar-refractivity contribution >= 4 is 23.3 Å². The molecule has 1 heterocycles. The van der Waals surface area contributed by atoms with Crippen molar-refractivity contribution in [1.29, 1.82) is 0 Å². The van der Waals surface area contributed by atoms with Gasteiger partial charge in [-0.3, -0.25) is 4.79 Å². The van der Waals surface area contributed by atoms with Gasteiger partial charge in [-0.2, -0.15) is 0 Å². The molecule has 0 saturated heterocycles. The van der Waals surface area contributed by atoms with Gasteiger partial charge in [0, 0.05) is 25.3 Å². The van der Waals surface area contributed by atoms with Crippen LogP contribution < -0.4 is 10.6 Å². The molecule has 2 N–H and O–H groups in total. The quantitative estimate of drug-likeness (QED) is 0.812. The molecular formula is C15H25ClN4O. The summed E-state index contributed by atoms with van der Waals surface area (Å²) >= 11 is 6.10. The van der Waals surface area contributed by atoms with E-state index in [2.05, 4.69) is 34.4 Å². The van der Waals surface area contributed by atoms with Crippen LogP contribution in [0.15, 0.2) is 12.3 Å². The molecule has 0 radical (unpaired) electrons. The van der Waals surface area contributed by atoms with Crippen molar-refractivity contribution in [1.82, 2.24) is 15.2 Å². The number of nitrogens with zero attached hydrogens (tertiary/aromatic N) is 2. The molecule has 0 fully saturated rings. The molecule has 1 unspecified atom stereocenters. The normalized spacial score (nSPS) is 12.6. The first-order valence-electron chi connectivity index (χ1n) is 7.20. The molecule has 0 aliphatic rings. The third kappa shape index (κ3) is 5.52. The molecule has 0 aliphatic heterocycles. The number of rotatable bonds is 7. The van der Waals surface area contributed by atoms with Crippen molar-refractivity contribution in [3.8, 4) is 0 Å². The first-order valence-corrected chi connectivity index (χ1v) is 7.58. The molecule has 6 heteroatoms. The maximum Gasteiger partial charge on any atom is 0.253 e. The van der Waals surface area contributed by atoms with Gasteiger partial charge in [0.25, 0.3) is 5.91 Å². The van der Waals surface area contributed by atoms with Crippen LogP contribution in [-0.2, 0) is 0 Å². The number of aromatic nitrogens is 1. The molecule has 21 heavy (non-hydrogen) atoms. The molecule has 0 aromatic carbocycles. The number of nitrogens with one attached hydrogen (secondary N) is 2. The van der Waals surface area contributed by atoms with Crippen LogP contribution in [-0.4, -0.2) is 49.0 Å². The van der Waals surface area contributed by atoms with E-state index in [1.807, 2.05) is 21.0 Å². The number of halogens is 1. The molecule has 1 aromatic heterocycles. The Morgan fingerprint density at radius 3 is 2.62 bits per heavy atom. The predicted octanol–water partition coefficient (Wildman–Crippen LogP) is 2.48. The van der Waals surface area contributed by atoms with Gasteiger partial charge in [-0.05, 0) is 33.0 Å². The highest BCUT2D eigenvalue weighted by atomic mass is 35.5. The Hall–Kier alpha value is -1.33. The zero-order valence-corrected chi connectivity index (χ0v) is 14.2. The van der Waals surface area contributed by atoms with Crippen LogP contribution in [0.3, 0.4) is 0 Å². The largest absolute Gasteiger partial charge is 0.370 e. The van der Waals surface area contributed by atoms with Crippen LogP contribution in [0.1, 0.15) is 31.1 Å². The first kappa shape index (κ1) is 17.7. The summed E-state index contributed by atoms with van der Waals surface area (Å²) in [6.45, 7) is 7.68. The summed E-state index contributed by atoms with van der Waals surface area (Å²) < 4.78 is 0. The lowest BCUT2D eigenvalue weighted by Gasteiger charge is -2.25. The third-order valence-corrected chi connectivity index (χ3v) is 3.44. The van der Waals surface area contributed by atoms with Gasteiger partial charge in [-0.25, -0.2) is 4.98 Å². The molecule has 1 atom stereocenters. The molecule has 1 rings (SSSR count). The maximum absolute atomic E-state index is 12.4. The minimum Gasteiger partial charge on any atom is -0.370 e. The smallest absolute Gasteiger partial charge is 0.253 e. The maximum atomic E-state index is 12.4. The van der Waals surface area contributed by atoms with Crippen molar-refractivity contribution in [3.63, 3.8) is 0 Å². The second-order valence-corrected chi connectivity index (χ2v) is 6.07. The number of amides is 1. The minimum atomic E-state index is -0.165. The zero-order valence-electron chi connectivity index (χ0n) is 13.4. The fourth-order valence-corrected chi connectivity index (χ4v) is 2.14. The van der Waals surface area contributed by atoms with Crippen LogP contribution in [0.25, 0.3) is 0 Å². The van der Waals surface area contributed by atoms with Crippen LogP contribution >= 0.6 is 11.6 Å². The molecule has 118 valence electrons. The number of anilines is 1. The third-order valence-electron chi connectivity index (χ3n) is 3.14. The van der Waals surface area contributed by atoms with E-state index in [4.69, 9.17) is 11.6 Å². The fraction of sp³-hybridized carbons (Fsp3) is 0.600. The lowest BCUT2D eigenvalue weighted by molar-refractivity contribution is 0.0916. The van der Waals surface area contributed by atoms with Crippen LogP contribution in [0.2, 0.25) is 5.02 Å². The number of likely N-dealkylation sites (N-methyl/N-ethyl adjacent to an activating group) is 1. The average Bonchev–Trinajstić information content (AvgIpc) is 2.39. The number of hydrogen-bond acceptors (Lipinski definition) is 4. The van der Waals surface area contributed by atoms with E-state index in [0.717, 1.165) is 13.1 Å². The predicted molar refractivity (Wildman–Crippen MR) is 88.1 cm³/mol. The highest BCUT2D eigenvalue weighted by Gasteiger charge is 2.20. The van der Waals surface area contributed by atoms with Gasteiger partial charge in [0.05, 0.1) is 10.6 Å². The SMILES string of the molecule is CCNc1cc(C(=O)NC(CN(C)C)C(C)C)c(Cl)cn1. The van der Waals surface area contributed by atoms with Crippen molar-refractivity contribution in [3.05, 3.63) is 22.8 Å². The number of carbonyl (C=O) groups is 1. The van der Waals surface area contributed by atoms with E-state index in [0.29, 0.717) is 22.3 Å². The van der Waals surface area contributed by atoms with Crippen molar-refractivity contribution in [2.45, 2.75) is 26.8 Å². The molecule has 0 spiro atoms. The highest BCUT2D eigenvalue weighted by Crippen LogP contribution is 2.18. The molecule has 0 saturated carbocycles. The standard InChI is InChI=1S/C15H25ClN4O/c1-6-17-14-7-11(12(16)8-18-14)15(21)19-13(10(2)3)9-20(4)5/h7-8,10,13H,6,9H2,1-5H3,(H,17,18)(H,19,21). The van der Waals surface area contributed by atoms with Gasteiger partial charge in [0.2, 0.25) is 0 Å². The zero-order chi connectivity index (χ0) is 16.0. The van der Waals surface area contributed by atoms with Crippen LogP contribution in [0.5, 0.6) is 0 Å². The molecule has 0 aliphatic carbocycles. The summed E-state index contributed by atoms with van der Waals surface area (Å²) in [5.74, 6) is 0.827. The Kier molecular flexibility index (Phi) is 6.92. The summed E-state index contributed by atoms with van der Waals surface area (Å²) in [6, 6.07) is 1.76. The molecule has 1 amide bonds. The van der Waals surface area contributed by atoms with Crippen molar-refractivity contribution < 1.29 is 4.79 Å². The summed E-state index contributed by atoms with van der Waals surface area (Å²) in [7, 11) is 3.98. The number of hydrogen-bond donors (Lipinski definition) is 2. The number of carbonyl (C=O) groups excluding carboxylic acids is 1. The molecular weight excluding hydrogens is 288 g/mol. The Bertz CT molecular complexity index is 477. The Labute approximate surface area is 132 Å². The van der Waals surface area contributed by atoms with Crippen LogP contribution in [0.4, 0.5) is 5.82 Å². The van der Waals surface area contributed by atoms with Gasteiger partial charge in [0.15, 0.2) is 0 Å². The topological polar surface area (TPSA) is 57.3 Å². The van der Waals surface area contributed by atoms with Crippen LogP contribution in [0, 0.1) is 5.92 Å². The van der Waals surface area contributed by atoms with E-state index in [-0.39, 0.29) is 11.9 Å². The van der Waals surface area contributed by atoms with E-state index < -0.39 is 0 Å². The van der Waals surface area contributed by atoms with Crippen molar-refractivity contribution in [2.75, 3.05) is 32.5 Å². The Balaban J connectivity index is 2.88. The van der Waals surface area contributed by atoms with E-state index >= 15 is 0 Å². The fourth-order valence-electron chi connectivity index (χ4n) is 1.95. The van der Waals surface area contributed by atoms with Gasteiger partial charge < -0.3 is 15.5 Å². The second-order valence-electron chi connectivity index (χ2n) is 5.67. The average molecular weight is 313 g/mol. The Morgan fingerprint density at radius 2 is 2.10 bits per heavy atom. The monoisotopic (exact) mass is 312 g/mol. The number of pyridine rings is 1. The van der Waals surface area contributed by atoms with E-state index in [1.54, 1.807) is 6.07 Å².